The van der Waals surface area contributed by atoms with Crippen LogP contribution in [0.4, 0.5) is 0 Å². The lowest BCUT2D eigenvalue weighted by Gasteiger charge is -2.33. The maximum Gasteiger partial charge on any atom is 0.119 e. The second kappa shape index (κ2) is 11.4. The summed E-state index contributed by atoms with van der Waals surface area (Å²) in [7, 11) is 0. The van der Waals surface area contributed by atoms with Crippen molar-refractivity contribution in [3.05, 3.63) is 29.8 Å². The fraction of sp³-hybridized carbons (Fsp3) is 0.727. The van der Waals surface area contributed by atoms with Crippen LogP contribution in [0.15, 0.2) is 24.3 Å². The van der Waals surface area contributed by atoms with Crippen LogP contribution < -0.4 is 15.4 Å². The number of hydrogen-bond acceptors (Lipinski definition) is 5. The molecule has 2 saturated heterocycles. The summed E-state index contributed by atoms with van der Waals surface area (Å²) in [6, 6.07) is 9.74. The molecule has 0 amide bonds. The van der Waals surface area contributed by atoms with Gasteiger partial charge in [-0.25, -0.2) is 0 Å². The predicted octanol–water partition coefficient (Wildman–Crippen LogP) is 2.83. The molecule has 3 atom stereocenters. The second-order valence-electron chi connectivity index (χ2n) is 8.26. The van der Waals surface area contributed by atoms with Gasteiger partial charge in [0.05, 0.1) is 13.2 Å². The lowest BCUT2D eigenvalue weighted by Crippen LogP contribution is -2.50. The summed E-state index contributed by atoms with van der Waals surface area (Å²) in [6.45, 7) is 7.95. The summed E-state index contributed by atoms with van der Waals surface area (Å²) >= 11 is 0. The van der Waals surface area contributed by atoms with Gasteiger partial charge in [-0.2, -0.15) is 0 Å². The molecular weight excluding hydrogens is 374 g/mol. The summed E-state index contributed by atoms with van der Waals surface area (Å²) in [5.74, 6) is 1.68. The first-order valence-corrected chi connectivity index (χ1v) is 10.9. The van der Waals surface area contributed by atoms with E-state index >= 15 is 0 Å². The van der Waals surface area contributed by atoms with Crippen molar-refractivity contribution in [2.45, 2.75) is 50.7 Å². The van der Waals surface area contributed by atoms with Crippen LogP contribution in [0.5, 0.6) is 5.75 Å². The van der Waals surface area contributed by atoms with Gasteiger partial charge in [0, 0.05) is 31.7 Å². The van der Waals surface area contributed by atoms with Crippen molar-refractivity contribution in [2.24, 2.45) is 5.92 Å². The molecule has 4 rings (SSSR count). The predicted molar refractivity (Wildman–Crippen MR) is 115 cm³/mol. The smallest absolute Gasteiger partial charge is 0.119 e. The van der Waals surface area contributed by atoms with E-state index < -0.39 is 0 Å². The molecule has 2 N–H and O–H groups in total. The summed E-state index contributed by atoms with van der Waals surface area (Å²) < 4.78 is 11.6. The van der Waals surface area contributed by atoms with Gasteiger partial charge in [0.1, 0.15) is 12.4 Å². The van der Waals surface area contributed by atoms with Crippen LogP contribution in [0.2, 0.25) is 0 Å². The second-order valence-corrected chi connectivity index (χ2v) is 8.26. The zero-order chi connectivity index (χ0) is 18.3. The van der Waals surface area contributed by atoms with Crippen molar-refractivity contribution in [3.8, 4) is 5.75 Å². The average Bonchev–Trinajstić information content (AvgIpc) is 3.40. The van der Waals surface area contributed by atoms with E-state index in [1.165, 1.54) is 50.8 Å². The van der Waals surface area contributed by atoms with Crippen molar-refractivity contribution in [1.82, 2.24) is 15.5 Å². The highest BCUT2D eigenvalue weighted by Gasteiger charge is 2.34. The Balaban J connectivity index is 0.00000225. The van der Waals surface area contributed by atoms with Crippen molar-refractivity contribution in [1.29, 1.82) is 0 Å². The van der Waals surface area contributed by atoms with E-state index in [1.54, 1.807) is 0 Å². The van der Waals surface area contributed by atoms with E-state index in [1.807, 2.05) is 0 Å². The van der Waals surface area contributed by atoms with Crippen LogP contribution in [0, 0.1) is 5.92 Å². The number of likely N-dealkylation sites (tertiary alicyclic amines) is 1. The number of nitrogens with zero attached hydrogens (tertiary/aromatic N) is 1. The first-order valence-electron chi connectivity index (χ1n) is 10.9. The van der Waals surface area contributed by atoms with Crippen molar-refractivity contribution in [2.75, 3.05) is 46.0 Å². The SMILES string of the molecule is Cl.c1cc(OCCN2CCCC2)ccc1CNC1CCCC1C1COCCN1. The molecule has 0 radical (unpaired) electrons. The maximum atomic E-state index is 5.91. The molecule has 1 aromatic rings. The van der Waals surface area contributed by atoms with E-state index in [0.29, 0.717) is 18.0 Å². The minimum atomic E-state index is 0. The third kappa shape index (κ3) is 6.07. The lowest BCUT2D eigenvalue weighted by molar-refractivity contribution is 0.0524. The molecule has 0 bridgehead atoms. The molecular formula is C22H36ClN3O2. The van der Waals surface area contributed by atoms with Gasteiger partial charge in [0.2, 0.25) is 0 Å². The molecule has 6 heteroatoms. The first kappa shape index (κ1) is 21.8. The van der Waals surface area contributed by atoms with E-state index in [0.717, 1.165) is 45.2 Å². The molecule has 2 aliphatic heterocycles. The molecule has 3 unspecified atom stereocenters. The van der Waals surface area contributed by atoms with Gasteiger partial charge in [-0.15, -0.1) is 12.4 Å². The fourth-order valence-corrected chi connectivity index (χ4v) is 4.84. The molecule has 1 saturated carbocycles. The standard InChI is InChI=1S/C22H35N3O2.ClH/c1-2-12-25(11-1)13-15-27-19-8-6-18(7-9-19)16-24-21-5-3-4-20(21)22-17-26-14-10-23-22;/h6-9,20-24H,1-5,10-17H2;1H. The van der Waals surface area contributed by atoms with Crippen LogP contribution in [0.25, 0.3) is 0 Å². The molecule has 1 aliphatic carbocycles. The van der Waals surface area contributed by atoms with Crippen LogP contribution in [0.3, 0.4) is 0 Å². The van der Waals surface area contributed by atoms with Gasteiger partial charge < -0.3 is 20.1 Å². The highest BCUT2D eigenvalue weighted by atomic mass is 35.5. The number of ether oxygens (including phenoxy) is 2. The van der Waals surface area contributed by atoms with E-state index in [-0.39, 0.29) is 12.4 Å². The molecule has 2 heterocycles. The molecule has 3 aliphatic rings. The normalized spacial score (nSPS) is 28.2. The highest BCUT2D eigenvalue weighted by molar-refractivity contribution is 5.85. The highest BCUT2D eigenvalue weighted by Crippen LogP contribution is 2.29. The summed E-state index contributed by atoms with van der Waals surface area (Å²) in [5, 5.41) is 7.45. The molecule has 158 valence electrons. The van der Waals surface area contributed by atoms with Gasteiger partial charge in [-0.3, -0.25) is 4.90 Å². The van der Waals surface area contributed by atoms with Gasteiger partial charge in [-0.05, 0) is 62.4 Å². The van der Waals surface area contributed by atoms with Gasteiger partial charge in [0.15, 0.2) is 0 Å². The third-order valence-electron chi connectivity index (χ3n) is 6.40. The number of hydrogen-bond donors (Lipinski definition) is 2. The Labute approximate surface area is 175 Å². The minimum Gasteiger partial charge on any atom is -0.492 e. The summed E-state index contributed by atoms with van der Waals surface area (Å²) in [4.78, 5) is 2.49. The van der Waals surface area contributed by atoms with E-state index in [2.05, 4.69) is 39.8 Å². The first-order chi connectivity index (χ1) is 13.4. The third-order valence-corrected chi connectivity index (χ3v) is 6.40. The monoisotopic (exact) mass is 409 g/mol. The Hall–Kier alpha value is -0.850. The molecule has 28 heavy (non-hydrogen) atoms. The summed E-state index contributed by atoms with van der Waals surface area (Å²) in [6.07, 6.45) is 6.59. The van der Waals surface area contributed by atoms with E-state index in [9.17, 15) is 0 Å². The Bertz CT molecular complexity index is 559. The zero-order valence-corrected chi connectivity index (χ0v) is 17.7. The van der Waals surface area contributed by atoms with Crippen LogP contribution >= 0.6 is 12.4 Å². The quantitative estimate of drug-likeness (QED) is 0.691. The Kier molecular flexibility index (Phi) is 8.87. The number of morpholine rings is 1. The van der Waals surface area contributed by atoms with Gasteiger partial charge >= 0.3 is 0 Å². The summed E-state index contributed by atoms with van der Waals surface area (Å²) in [5.41, 5.74) is 1.33. The number of benzene rings is 1. The Morgan fingerprint density at radius 2 is 1.93 bits per heavy atom. The molecule has 0 aromatic heterocycles. The van der Waals surface area contributed by atoms with Crippen LogP contribution in [0.1, 0.15) is 37.7 Å². The molecule has 1 aromatic carbocycles. The number of halogens is 1. The Morgan fingerprint density at radius 3 is 2.68 bits per heavy atom. The lowest BCUT2D eigenvalue weighted by atomic mass is 9.94. The van der Waals surface area contributed by atoms with Crippen molar-refractivity contribution in [3.63, 3.8) is 0 Å². The minimum absolute atomic E-state index is 0. The van der Waals surface area contributed by atoms with Crippen LogP contribution in [-0.4, -0.2) is 63.0 Å². The van der Waals surface area contributed by atoms with Crippen molar-refractivity contribution < 1.29 is 9.47 Å². The number of nitrogens with one attached hydrogen (secondary N) is 2. The van der Waals surface area contributed by atoms with Crippen LogP contribution in [-0.2, 0) is 11.3 Å². The molecule has 0 spiro atoms. The maximum absolute atomic E-state index is 5.91. The van der Waals surface area contributed by atoms with Gasteiger partial charge in [0.25, 0.3) is 0 Å². The molecule has 3 fully saturated rings. The Morgan fingerprint density at radius 1 is 1.11 bits per heavy atom. The molecule has 5 nitrogen and oxygen atoms in total. The van der Waals surface area contributed by atoms with Gasteiger partial charge in [-0.1, -0.05) is 18.6 Å². The number of rotatable bonds is 8. The largest absolute Gasteiger partial charge is 0.492 e. The van der Waals surface area contributed by atoms with E-state index in [4.69, 9.17) is 9.47 Å². The fourth-order valence-electron chi connectivity index (χ4n) is 4.84. The average molecular weight is 410 g/mol. The van der Waals surface area contributed by atoms with Crippen molar-refractivity contribution >= 4 is 12.4 Å². The topological polar surface area (TPSA) is 45.8 Å². The zero-order valence-electron chi connectivity index (χ0n) is 16.9.